The van der Waals surface area contributed by atoms with Gasteiger partial charge in [0.15, 0.2) is 0 Å². The summed E-state index contributed by atoms with van der Waals surface area (Å²) in [5.74, 6) is 0.926. The SMILES string of the molecule is CCOc1ccc(CN(Cc2ccncc2)Cc2ccc(C)cc2)cc1. The Balaban J connectivity index is 1.74. The van der Waals surface area contributed by atoms with E-state index in [2.05, 4.69) is 77.5 Å². The molecule has 3 aromatic rings. The van der Waals surface area contributed by atoms with Gasteiger partial charge >= 0.3 is 0 Å². The molecule has 1 aromatic heterocycles. The van der Waals surface area contributed by atoms with Crippen LogP contribution in [0.25, 0.3) is 0 Å². The molecule has 2 aromatic carbocycles. The highest BCUT2D eigenvalue weighted by atomic mass is 16.5. The van der Waals surface area contributed by atoms with E-state index < -0.39 is 0 Å². The van der Waals surface area contributed by atoms with Crippen LogP contribution in [0.5, 0.6) is 5.75 Å². The van der Waals surface area contributed by atoms with Crippen LogP contribution in [0.15, 0.2) is 73.1 Å². The third-order valence-electron chi connectivity index (χ3n) is 4.32. The number of pyridine rings is 1. The van der Waals surface area contributed by atoms with Gasteiger partial charge in [-0.1, -0.05) is 42.0 Å². The van der Waals surface area contributed by atoms with Gasteiger partial charge in [0, 0.05) is 32.0 Å². The number of aromatic nitrogens is 1. The van der Waals surface area contributed by atoms with Crippen molar-refractivity contribution in [1.82, 2.24) is 9.88 Å². The lowest BCUT2D eigenvalue weighted by molar-refractivity contribution is 0.247. The fraction of sp³-hybridized carbons (Fsp3) is 0.261. The van der Waals surface area contributed by atoms with E-state index in [4.69, 9.17) is 4.74 Å². The lowest BCUT2D eigenvalue weighted by Crippen LogP contribution is -2.22. The fourth-order valence-corrected chi connectivity index (χ4v) is 2.98. The number of benzene rings is 2. The maximum Gasteiger partial charge on any atom is 0.119 e. The van der Waals surface area contributed by atoms with E-state index in [1.54, 1.807) is 0 Å². The third kappa shape index (κ3) is 5.43. The van der Waals surface area contributed by atoms with Gasteiger partial charge in [-0.15, -0.1) is 0 Å². The molecule has 0 aliphatic rings. The van der Waals surface area contributed by atoms with Crippen LogP contribution in [0.4, 0.5) is 0 Å². The summed E-state index contributed by atoms with van der Waals surface area (Å²) in [6.07, 6.45) is 3.71. The first-order valence-electron chi connectivity index (χ1n) is 9.11. The molecular weight excluding hydrogens is 320 g/mol. The molecule has 0 aliphatic heterocycles. The second-order valence-corrected chi connectivity index (χ2v) is 6.56. The largest absolute Gasteiger partial charge is 0.494 e. The van der Waals surface area contributed by atoms with Gasteiger partial charge in [-0.2, -0.15) is 0 Å². The molecule has 0 saturated heterocycles. The Bertz CT molecular complexity index is 783. The van der Waals surface area contributed by atoms with Crippen LogP contribution in [0.2, 0.25) is 0 Å². The smallest absolute Gasteiger partial charge is 0.119 e. The van der Waals surface area contributed by atoms with Crippen molar-refractivity contribution >= 4 is 0 Å². The Morgan fingerprint density at radius 3 is 1.77 bits per heavy atom. The molecule has 0 atom stereocenters. The van der Waals surface area contributed by atoms with Gasteiger partial charge in [-0.25, -0.2) is 0 Å². The zero-order chi connectivity index (χ0) is 18.2. The Kier molecular flexibility index (Phi) is 6.39. The van der Waals surface area contributed by atoms with Gasteiger partial charge in [-0.05, 0) is 54.8 Å². The van der Waals surface area contributed by atoms with Crippen molar-refractivity contribution in [2.24, 2.45) is 0 Å². The maximum atomic E-state index is 5.55. The average Bonchev–Trinajstić information content (AvgIpc) is 2.66. The molecule has 0 unspecified atom stereocenters. The first-order chi connectivity index (χ1) is 12.7. The number of nitrogens with zero attached hydrogens (tertiary/aromatic N) is 2. The first kappa shape index (κ1) is 18.2. The fourth-order valence-electron chi connectivity index (χ4n) is 2.98. The van der Waals surface area contributed by atoms with Gasteiger partial charge in [0.25, 0.3) is 0 Å². The summed E-state index contributed by atoms with van der Waals surface area (Å²) in [7, 11) is 0. The van der Waals surface area contributed by atoms with Gasteiger partial charge in [0.05, 0.1) is 6.61 Å². The minimum absolute atomic E-state index is 0.695. The molecule has 1 heterocycles. The van der Waals surface area contributed by atoms with E-state index in [-0.39, 0.29) is 0 Å². The molecule has 0 N–H and O–H groups in total. The molecule has 3 heteroatoms. The van der Waals surface area contributed by atoms with Gasteiger partial charge < -0.3 is 4.74 Å². The lowest BCUT2D eigenvalue weighted by Gasteiger charge is -2.23. The highest BCUT2D eigenvalue weighted by Crippen LogP contribution is 2.17. The number of hydrogen-bond acceptors (Lipinski definition) is 3. The van der Waals surface area contributed by atoms with Crippen molar-refractivity contribution in [3.8, 4) is 5.75 Å². The van der Waals surface area contributed by atoms with Crippen LogP contribution < -0.4 is 4.74 Å². The Morgan fingerprint density at radius 1 is 0.731 bits per heavy atom. The van der Waals surface area contributed by atoms with E-state index in [0.717, 1.165) is 25.4 Å². The van der Waals surface area contributed by atoms with Crippen molar-refractivity contribution in [2.45, 2.75) is 33.5 Å². The minimum Gasteiger partial charge on any atom is -0.494 e. The number of hydrogen-bond donors (Lipinski definition) is 0. The molecule has 3 rings (SSSR count). The predicted octanol–water partition coefficient (Wildman–Crippen LogP) is 4.99. The summed E-state index contributed by atoms with van der Waals surface area (Å²) in [4.78, 5) is 6.58. The molecule has 0 spiro atoms. The van der Waals surface area contributed by atoms with E-state index >= 15 is 0 Å². The molecule has 0 amide bonds. The average molecular weight is 346 g/mol. The zero-order valence-corrected chi connectivity index (χ0v) is 15.6. The van der Waals surface area contributed by atoms with Crippen LogP contribution >= 0.6 is 0 Å². The molecular formula is C23H26N2O. The van der Waals surface area contributed by atoms with Crippen LogP contribution in [0, 0.1) is 6.92 Å². The number of rotatable bonds is 8. The molecule has 0 radical (unpaired) electrons. The maximum absolute atomic E-state index is 5.55. The van der Waals surface area contributed by atoms with Crippen LogP contribution in [0.3, 0.4) is 0 Å². The van der Waals surface area contributed by atoms with Crippen LogP contribution in [-0.2, 0) is 19.6 Å². The van der Waals surface area contributed by atoms with Crippen molar-refractivity contribution in [2.75, 3.05) is 6.61 Å². The highest BCUT2D eigenvalue weighted by Gasteiger charge is 2.09. The van der Waals surface area contributed by atoms with E-state index in [9.17, 15) is 0 Å². The Morgan fingerprint density at radius 2 is 1.23 bits per heavy atom. The van der Waals surface area contributed by atoms with Gasteiger partial charge in [0.2, 0.25) is 0 Å². The minimum atomic E-state index is 0.695. The van der Waals surface area contributed by atoms with E-state index in [0.29, 0.717) is 6.61 Å². The molecule has 3 nitrogen and oxygen atoms in total. The van der Waals surface area contributed by atoms with Gasteiger partial charge in [-0.3, -0.25) is 9.88 Å². The molecule has 26 heavy (non-hydrogen) atoms. The van der Waals surface area contributed by atoms with Crippen molar-refractivity contribution in [1.29, 1.82) is 0 Å². The quantitative estimate of drug-likeness (QED) is 0.574. The standard InChI is InChI=1S/C23H26N2O/c1-3-26-23-10-8-21(9-11-23)17-25(18-22-12-14-24-15-13-22)16-20-6-4-19(2)5-7-20/h4-15H,3,16-18H2,1-2H3. The van der Waals surface area contributed by atoms with Crippen LogP contribution in [-0.4, -0.2) is 16.5 Å². The number of aryl methyl sites for hydroxylation is 1. The summed E-state index contributed by atoms with van der Waals surface area (Å²) in [6, 6.07) is 21.4. The molecule has 0 bridgehead atoms. The first-order valence-corrected chi connectivity index (χ1v) is 9.11. The summed E-state index contributed by atoms with van der Waals surface area (Å²) in [6.45, 7) is 7.52. The second kappa shape index (κ2) is 9.16. The van der Waals surface area contributed by atoms with Crippen molar-refractivity contribution in [3.63, 3.8) is 0 Å². The van der Waals surface area contributed by atoms with Gasteiger partial charge in [0.1, 0.15) is 5.75 Å². The van der Waals surface area contributed by atoms with Crippen LogP contribution in [0.1, 0.15) is 29.2 Å². The molecule has 0 saturated carbocycles. The Labute approximate surface area is 156 Å². The summed E-state index contributed by atoms with van der Waals surface area (Å²) < 4.78 is 5.55. The summed E-state index contributed by atoms with van der Waals surface area (Å²) in [5, 5.41) is 0. The highest BCUT2D eigenvalue weighted by molar-refractivity contribution is 5.28. The third-order valence-corrected chi connectivity index (χ3v) is 4.32. The normalized spacial score (nSPS) is 10.9. The molecule has 134 valence electrons. The van der Waals surface area contributed by atoms with Crippen molar-refractivity contribution < 1.29 is 4.74 Å². The monoisotopic (exact) mass is 346 g/mol. The van der Waals surface area contributed by atoms with Crippen molar-refractivity contribution in [3.05, 3.63) is 95.3 Å². The molecule has 0 fully saturated rings. The predicted molar refractivity (Wildman–Crippen MR) is 106 cm³/mol. The summed E-state index contributed by atoms with van der Waals surface area (Å²) >= 11 is 0. The zero-order valence-electron chi connectivity index (χ0n) is 15.6. The topological polar surface area (TPSA) is 25.4 Å². The lowest BCUT2D eigenvalue weighted by atomic mass is 10.1. The van der Waals surface area contributed by atoms with E-state index in [1.807, 2.05) is 19.3 Å². The number of ether oxygens (including phenoxy) is 1. The second-order valence-electron chi connectivity index (χ2n) is 6.56. The summed E-state index contributed by atoms with van der Waals surface area (Å²) in [5.41, 5.74) is 5.18. The van der Waals surface area contributed by atoms with E-state index in [1.165, 1.54) is 22.3 Å². The Hall–Kier alpha value is -2.65. The molecule has 0 aliphatic carbocycles.